The summed E-state index contributed by atoms with van der Waals surface area (Å²) in [6.07, 6.45) is 8.44. The molecule has 0 unspecified atom stereocenters. The lowest BCUT2D eigenvalue weighted by molar-refractivity contribution is 0.410. The van der Waals surface area contributed by atoms with Gasteiger partial charge in [0.1, 0.15) is 11.6 Å². The molecule has 4 rings (SSSR count). The second kappa shape index (κ2) is 8.69. The number of hydrogen-bond donors (Lipinski definition) is 2. The first kappa shape index (κ1) is 18.2. The molecule has 0 atom stereocenters. The van der Waals surface area contributed by atoms with Gasteiger partial charge in [-0.1, -0.05) is 31.0 Å². The molecule has 6 heteroatoms. The first-order chi connectivity index (χ1) is 13.8. The van der Waals surface area contributed by atoms with E-state index in [0.717, 1.165) is 28.4 Å². The van der Waals surface area contributed by atoms with Crippen LogP contribution in [0.25, 0.3) is 11.3 Å². The fourth-order valence-electron chi connectivity index (χ4n) is 3.56. The number of rotatable bonds is 7. The summed E-state index contributed by atoms with van der Waals surface area (Å²) in [4.78, 5) is 13.5. The Bertz CT molecular complexity index is 910. The van der Waals surface area contributed by atoms with Crippen molar-refractivity contribution < 1.29 is 4.74 Å². The fraction of sp³-hybridized carbons (Fsp3) is 0.318. The standard InChI is InChI=1S/C22H25N5O/c1-28-20-9-5-2-6-17(20)15-24-21-14-19(16-10-12-23-13-11-16)26-22(27-21)25-18-7-3-4-8-18/h2,5-6,9-14,18H,3-4,7-8,15H2,1H3,(H2,24,25,26,27). The summed E-state index contributed by atoms with van der Waals surface area (Å²) in [6.45, 7) is 0.625. The van der Waals surface area contributed by atoms with Crippen LogP contribution in [0.3, 0.4) is 0 Å². The minimum atomic E-state index is 0.453. The van der Waals surface area contributed by atoms with Gasteiger partial charge in [0.25, 0.3) is 0 Å². The van der Waals surface area contributed by atoms with Crippen molar-refractivity contribution in [1.82, 2.24) is 15.0 Å². The minimum Gasteiger partial charge on any atom is -0.496 e. The maximum atomic E-state index is 5.45. The van der Waals surface area contributed by atoms with E-state index in [-0.39, 0.29) is 0 Å². The second-order valence-electron chi connectivity index (χ2n) is 6.99. The van der Waals surface area contributed by atoms with Crippen LogP contribution in [-0.4, -0.2) is 28.1 Å². The molecular formula is C22H25N5O. The maximum Gasteiger partial charge on any atom is 0.225 e. The molecule has 0 saturated heterocycles. The number of pyridine rings is 1. The predicted molar refractivity (Wildman–Crippen MR) is 111 cm³/mol. The lowest BCUT2D eigenvalue weighted by Crippen LogP contribution is -2.17. The molecule has 1 aliphatic carbocycles. The Hall–Kier alpha value is -3.15. The van der Waals surface area contributed by atoms with Crippen LogP contribution in [0.1, 0.15) is 31.2 Å². The normalized spacial score (nSPS) is 14.0. The van der Waals surface area contributed by atoms with Crippen LogP contribution < -0.4 is 15.4 Å². The Balaban J connectivity index is 1.59. The summed E-state index contributed by atoms with van der Waals surface area (Å²) in [7, 11) is 1.69. The van der Waals surface area contributed by atoms with E-state index < -0.39 is 0 Å². The van der Waals surface area contributed by atoms with Crippen molar-refractivity contribution in [2.75, 3.05) is 17.7 Å². The van der Waals surface area contributed by atoms with Gasteiger partial charge in [-0.3, -0.25) is 4.98 Å². The summed E-state index contributed by atoms with van der Waals surface area (Å²) in [5.41, 5.74) is 2.98. The van der Waals surface area contributed by atoms with E-state index in [0.29, 0.717) is 18.5 Å². The van der Waals surface area contributed by atoms with Crippen molar-refractivity contribution in [3.63, 3.8) is 0 Å². The van der Waals surface area contributed by atoms with Gasteiger partial charge in [0, 0.05) is 42.2 Å². The smallest absolute Gasteiger partial charge is 0.225 e. The van der Waals surface area contributed by atoms with E-state index in [9.17, 15) is 0 Å². The number of hydrogen-bond acceptors (Lipinski definition) is 6. The topological polar surface area (TPSA) is 72.0 Å². The SMILES string of the molecule is COc1ccccc1CNc1cc(-c2ccncc2)nc(NC2CCCC2)n1. The van der Waals surface area contributed by atoms with Crippen molar-refractivity contribution in [2.45, 2.75) is 38.3 Å². The van der Waals surface area contributed by atoms with Crippen LogP contribution in [0.15, 0.2) is 54.9 Å². The van der Waals surface area contributed by atoms with Gasteiger partial charge in [0.15, 0.2) is 0 Å². The number of para-hydroxylation sites is 1. The van der Waals surface area contributed by atoms with Crippen molar-refractivity contribution >= 4 is 11.8 Å². The van der Waals surface area contributed by atoms with E-state index in [1.165, 1.54) is 25.7 Å². The largest absolute Gasteiger partial charge is 0.496 e. The number of nitrogens with one attached hydrogen (secondary N) is 2. The molecule has 2 N–H and O–H groups in total. The number of methoxy groups -OCH3 is 1. The predicted octanol–water partition coefficient (Wildman–Crippen LogP) is 4.51. The number of anilines is 2. The number of ether oxygens (including phenoxy) is 1. The Kier molecular flexibility index (Phi) is 5.66. The van der Waals surface area contributed by atoms with Gasteiger partial charge in [-0.05, 0) is 31.0 Å². The zero-order valence-electron chi connectivity index (χ0n) is 16.1. The molecule has 28 heavy (non-hydrogen) atoms. The summed E-state index contributed by atoms with van der Waals surface area (Å²) >= 11 is 0. The Morgan fingerprint density at radius 2 is 1.82 bits per heavy atom. The maximum absolute atomic E-state index is 5.45. The van der Waals surface area contributed by atoms with Crippen LogP contribution in [0.2, 0.25) is 0 Å². The van der Waals surface area contributed by atoms with Gasteiger partial charge in [-0.2, -0.15) is 4.98 Å². The summed E-state index contributed by atoms with van der Waals surface area (Å²) < 4.78 is 5.45. The first-order valence-corrected chi connectivity index (χ1v) is 9.73. The average Bonchev–Trinajstić information content (AvgIpc) is 3.26. The van der Waals surface area contributed by atoms with Crippen LogP contribution in [0.4, 0.5) is 11.8 Å². The van der Waals surface area contributed by atoms with Gasteiger partial charge in [-0.15, -0.1) is 0 Å². The highest BCUT2D eigenvalue weighted by molar-refractivity contribution is 5.64. The Labute approximate surface area is 165 Å². The Morgan fingerprint density at radius 3 is 2.61 bits per heavy atom. The summed E-state index contributed by atoms with van der Waals surface area (Å²) in [5.74, 6) is 2.32. The van der Waals surface area contributed by atoms with Crippen molar-refractivity contribution in [2.24, 2.45) is 0 Å². The number of nitrogens with zero attached hydrogens (tertiary/aromatic N) is 3. The molecule has 0 radical (unpaired) electrons. The highest BCUT2D eigenvalue weighted by Gasteiger charge is 2.17. The Morgan fingerprint density at radius 1 is 1.04 bits per heavy atom. The molecule has 2 aromatic heterocycles. The van der Waals surface area contributed by atoms with Gasteiger partial charge < -0.3 is 15.4 Å². The average molecular weight is 375 g/mol. The van der Waals surface area contributed by atoms with Gasteiger partial charge in [-0.25, -0.2) is 4.98 Å². The molecule has 2 heterocycles. The van der Waals surface area contributed by atoms with Crippen LogP contribution in [-0.2, 0) is 6.54 Å². The quantitative estimate of drug-likeness (QED) is 0.633. The lowest BCUT2D eigenvalue weighted by atomic mass is 10.2. The van der Waals surface area contributed by atoms with Gasteiger partial charge in [0.05, 0.1) is 12.8 Å². The molecule has 1 aliphatic rings. The van der Waals surface area contributed by atoms with E-state index in [1.807, 2.05) is 36.4 Å². The molecule has 3 aromatic rings. The highest BCUT2D eigenvalue weighted by Crippen LogP contribution is 2.25. The lowest BCUT2D eigenvalue weighted by Gasteiger charge is -2.15. The fourth-order valence-corrected chi connectivity index (χ4v) is 3.56. The molecule has 0 spiro atoms. The van der Waals surface area contributed by atoms with E-state index in [4.69, 9.17) is 14.7 Å². The zero-order valence-corrected chi connectivity index (χ0v) is 16.1. The third-order valence-electron chi connectivity index (χ3n) is 5.04. The molecule has 0 bridgehead atoms. The molecule has 6 nitrogen and oxygen atoms in total. The van der Waals surface area contributed by atoms with Crippen LogP contribution >= 0.6 is 0 Å². The zero-order chi connectivity index (χ0) is 19.2. The minimum absolute atomic E-state index is 0.453. The van der Waals surface area contributed by atoms with Crippen LogP contribution in [0.5, 0.6) is 5.75 Å². The molecule has 144 valence electrons. The first-order valence-electron chi connectivity index (χ1n) is 9.73. The number of aromatic nitrogens is 3. The molecule has 1 fully saturated rings. The number of benzene rings is 1. The van der Waals surface area contributed by atoms with Crippen LogP contribution in [0, 0.1) is 0 Å². The molecule has 0 aliphatic heterocycles. The van der Waals surface area contributed by atoms with Gasteiger partial charge >= 0.3 is 0 Å². The molecule has 0 amide bonds. The van der Waals surface area contributed by atoms with Gasteiger partial charge in [0.2, 0.25) is 5.95 Å². The van der Waals surface area contributed by atoms with E-state index >= 15 is 0 Å². The molecule has 1 aromatic carbocycles. The third kappa shape index (κ3) is 4.39. The summed E-state index contributed by atoms with van der Waals surface area (Å²) in [5, 5.41) is 6.93. The monoisotopic (exact) mass is 375 g/mol. The third-order valence-corrected chi connectivity index (χ3v) is 5.04. The van der Waals surface area contributed by atoms with E-state index in [2.05, 4.69) is 21.7 Å². The van der Waals surface area contributed by atoms with Crippen molar-refractivity contribution in [3.8, 4) is 17.0 Å². The second-order valence-corrected chi connectivity index (χ2v) is 6.99. The highest BCUT2D eigenvalue weighted by atomic mass is 16.5. The van der Waals surface area contributed by atoms with E-state index in [1.54, 1.807) is 19.5 Å². The molecular weight excluding hydrogens is 350 g/mol. The van der Waals surface area contributed by atoms with Crippen molar-refractivity contribution in [1.29, 1.82) is 0 Å². The summed E-state index contributed by atoms with van der Waals surface area (Å²) in [6, 6.07) is 14.4. The van der Waals surface area contributed by atoms with Crippen molar-refractivity contribution in [3.05, 3.63) is 60.4 Å². The molecule has 1 saturated carbocycles.